The predicted molar refractivity (Wildman–Crippen MR) is 102 cm³/mol. The zero-order valence-electron chi connectivity index (χ0n) is 14.8. The van der Waals surface area contributed by atoms with E-state index >= 15 is 0 Å². The SMILES string of the molecule is C[C@H](OC(=O)c1ccc[nH]1)C(=O)Nc1ccc(OCc2ccccc2)cc1. The van der Waals surface area contributed by atoms with Gasteiger partial charge in [0.1, 0.15) is 18.1 Å². The van der Waals surface area contributed by atoms with E-state index in [1.165, 1.54) is 6.92 Å². The standard InChI is InChI=1S/C21H20N2O4/c1-15(27-21(25)19-8-5-13-22-19)20(24)23-17-9-11-18(12-10-17)26-14-16-6-3-2-4-7-16/h2-13,15,22H,14H2,1H3,(H,23,24)/t15-/m0/s1. The molecule has 0 radical (unpaired) electrons. The summed E-state index contributed by atoms with van der Waals surface area (Å²) in [6.45, 7) is 1.99. The van der Waals surface area contributed by atoms with Crippen molar-refractivity contribution in [2.45, 2.75) is 19.6 Å². The van der Waals surface area contributed by atoms with Gasteiger partial charge in [0, 0.05) is 11.9 Å². The van der Waals surface area contributed by atoms with Gasteiger partial charge in [-0.25, -0.2) is 4.79 Å². The van der Waals surface area contributed by atoms with Gasteiger partial charge in [-0.05, 0) is 48.9 Å². The molecule has 3 rings (SSSR count). The van der Waals surface area contributed by atoms with Crippen LogP contribution in [-0.2, 0) is 16.1 Å². The van der Waals surface area contributed by atoms with Crippen molar-refractivity contribution in [2.75, 3.05) is 5.32 Å². The van der Waals surface area contributed by atoms with Crippen LogP contribution in [0.25, 0.3) is 0 Å². The first-order valence-corrected chi connectivity index (χ1v) is 8.54. The van der Waals surface area contributed by atoms with E-state index in [0.717, 1.165) is 5.56 Å². The number of amides is 1. The highest BCUT2D eigenvalue weighted by molar-refractivity contribution is 5.96. The van der Waals surface area contributed by atoms with Gasteiger partial charge in [0.15, 0.2) is 6.10 Å². The molecule has 0 saturated carbocycles. The average molecular weight is 364 g/mol. The number of hydrogen-bond donors (Lipinski definition) is 2. The Morgan fingerprint density at radius 2 is 1.74 bits per heavy atom. The number of esters is 1. The summed E-state index contributed by atoms with van der Waals surface area (Å²) >= 11 is 0. The smallest absolute Gasteiger partial charge is 0.355 e. The van der Waals surface area contributed by atoms with Crippen molar-refractivity contribution < 1.29 is 19.1 Å². The fourth-order valence-corrected chi connectivity index (χ4v) is 2.35. The van der Waals surface area contributed by atoms with Crippen molar-refractivity contribution in [3.05, 3.63) is 84.2 Å². The Labute approximate surface area is 157 Å². The maximum Gasteiger partial charge on any atom is 0.355 e. The van der Waals surface area contributed by atoms with Gasteiger partial charge in [-0.15, -0.1) is 0 Å². The third-order valence-corrected chi connectivity index (χ3v) is 3.84. The van der Waals surface area contributed by atoms with Gasteiger partial charge < -0.3 is 19.8 Å². The van der Waals surface area contributed by atoms with Crippen LogP contribution in [-0.4, -0.2) is 23.0 Å². The van der Waals surface area contributed by atoms with Crippen molar-refractivity contribution in [1.29, 1.82) is 0 Å². The van der Waals surface area contributed by atoms with E-state index in [9.17, 15) is 9.59 Å². The number of hydrogen-bond acceptors (Lipinski definition) is 4. The second-order valence-corrected chi connectivity index (χ2v) is 5.92. The van der Waals surface area contributed by atoms with Crippen molar-refractivity contribution in [2.24, 2.45) is 0 Å². The topological polar surface area (TPSA) is 80.4 Å². The molecule has 6 heteroatoms. The molecule has 0 spiro atoms. The van der Waals surface area contributed by atoms with Gasteiger partial charge in [0.05, 0.1) is 0 Å². The molecule has 27 heavy (non-hydrogen) atoms. The molecule has 1 aromatic heterocycles. The number of anilines is 1. The Balaban J connectivity index is 1.49. The molecular weight excluding hydrogens is 344 g/mol. The van der Waals surface area contributed by atoms with Crippen LogP contribution in [0.15, 0.2) is 72.9 Å². The average Bonchev–Trinajstić information content (AvgIpc) is 3.23. The lowest BCUT2D eigenvalue weighted by molar-refractivity contribution is -0.123. The van der Waals surface area contributed by atoms with Crippen LogP contribution >= 0.6 is 0 Å². The van der Waals surface area contributed by atoms with Gasteiger partial charge in [-0.3, -0.25) is 4.79 Å². The van der Waals surface area contributed by atoms with Crippen molar-refractivity contribution in [1.82, 2.24) is 4.98 Å². The lowest BCUT2D eigenvalue weighted by Gasteiger charge is -2.13. The number of aromatic nitrogens is 1. The zero-order valence-corrected chi connectivity index (χ0v) is 14.8. The first kappa shape index (κ1) is 18.3. The van der Waals surface area contributed by atoms with Gasteiger partial charge in [0.25, 0.3) is 5.91 Å². The van der Waals surface area contributed by atoms with Gasteiger partial charge in [-0.2, -0.15) is 0 Å². The third kappa shape index (κ3) is 5.22. The molecule has 0 aliphatic carbocycles. The van der Waals surface area contributed by atoms with Crippen LogP contribution in [0.4, 0.5) is 5.69 Å². The van der Waals surface area contributed by atoms with E-state index in [1.54, 1.807) is 42.6 Å². The zero-order chi connectivity index (χ0) is 19.1. The Morgan fingerprint density at radius 3 is 2.41 bits per heavy atom. The molecular formula is C21H20N2O4. The van der Waals surface area contributed by atoms with Crippen LogP contribution < -0.4 is 10.1 Å². The van der Waals surface area contributed by atoms with E-state index in [0.29, 0.717) is 23.7 Å². The predicted octanol–water partition coefficient (Wildman–Crippen LogP) is 3.78. The molecule has 0 fully saturated rings. The summed E-state index contributed by atoms with van der Waals surface area (Å²) in [5.74, 6) is -0.289. The summed E-state index contributed by atoms with van der Waals surface area (Å²) in [5, 5.41) is 2.71. The molecule has 2 N–H and O–H groups in total. The molecule has 1 amide bonds. The molecule has 3 aromatic rings. The highest BCUT2D eigenvalue weighted by Gasteiger charge is 2.19. The van der Waals surface area contributed by atoms with E-state index in [-0.39, 0.29) is 0 Å². The first-order valence-electron chi connectivity index (χ1n) is 8.54. The normalized spacial score (nSPS) is 11.4. The van der Waals surface area contributed by atoms with Crippen LogP contribution in [0.2, 0.25) is 0 Å². The second-order valence-electron chi connectivity index (χ2n) is 5.92. The summed E-state index contributed by atoms with van der Waals surface area (Å²) in [5.41, 5.74) is 1.97. The van der Waals surface area contributed by atoms with E-state index < -0.39 is 18.0 Å². The molecule has 0 unspecified atom stereocenters. The van der Waals surface area contributed by atoms with Gasteiger partial charge in [0.2, 0.25) is 0 Å². The Morgan fingerprint density at radius 1 is 1.00 bits per heavy atom. The molecule has 1 atom stereocenters. The number of aromatic amines is 1. The highest BCUT2D eigenvalue weighted by Crippen LogP contribution is 2.17. The van der Waals surface area contributed by atoms with Gasteiger partial charge in [-0.1, -0.05) is 30.3 Å². The minimum absolute atomic E-state index is 0.301. The van der Waals surface area contributed by atoms with Crippen LogP contribution in [0.3, 0.4) is 0 Å². The molecule has 0 aliphatic rings. The lowest BCUT2D eigenvalue weighted by atomic mass is 10.2. The number of benzene rings is 2. The molecule has 6 nitrogen and oxygen atoms in total. The van der Waals surface area contributed by atoms with Crippen molar-refractivity contribution in [3.63, 3.8) is 0 Å². The quantitative estimate of drug-likeness (QED) is 0.625. The molecule has 138 valence electrons. The Bertz CT molecular complexity index is 874. The highest BCUT2D eigenvalue weighted by atomic mass is 16.5. The minimum atomic E-state index is -0.921. The largest absolute Gasteiger partial charge is 0.489 e. The Hall–Kier alpha value is -3.54. The fraction of sp³-hybridized carbons (Fsp3) is 0.143. The fourth-order valence-electron chi connectivity index (χ4n) is 2.35. The molecule has 2 aromatic carbocycles. The number of carbonyl (C=O) groups excluding carboxylic acids is 2. The van der Waals surface area contributed by atoms with Crippen LogP contribution in [0, 0.1) is 0 Å². The third-order valence-electron chi connectivity index (χ3n) is 3.84. The van der Waals surface area contributed by atoms with E-state index in [4.69, 9.17) is 9.47 Å². The summed E-state index contributed by atoms with van der Waals surface area (Å²) in [7, 11) is 0. The number of nitrogens with one attached hydrogen (secondary N) is 2. The van der Waals surface area contributed by atoms with Crippen LogP contribution in [0.5, 0.6) is 5.75 Å². The maximum absolute atomic E-state index is 12.2. The lowest BCUT2D eigenvalue weighted by Crippen LogP contribution is -2.30. The molecule has 1 heterocycles. The minimum Gasteiger partial charge on any atom is -0.489 e. The number of H-pyrrole nitrogens is 1. The number of ether oxygens (including phenoxy) is 2. The second kappa shape index (κ2) is 8.71. The number of carbonyl (C=O) groups is 2. The van der Waals surface area contributed by atoms with E-state index in [2.05, 4.69) is 10.3 Å². The van der Waals surface area contributed by atoms with Crippen LogP contribution in [0.1, 0.15) is 23.0 Å². The maximum atomic E-state index is 12.2. The van der Waals surface area contributed by atoms with E-state index in [1.807, 2.05) is 30.3 Å². The number of rotatable bonds is 7. The molecule has 0 bridgehead atoms. The summed E-state index contributed by atoms with van der Waals surface area (Å²) in [6, 6.07) is 20.1. The monoisotopic (exact) mass is 364 g/mol. The molecule has 0 saturated heterocycles. The van der Waals surface area contributed by atoms with Crippen molar-refractivity contribution in [3.8, 4) is 5.75 Å². The van der Waals surface area contributed by atoms with Gasteiger partial charge >= 0.3 is 5.97 Å². The molecule has 0 aliphatic heterocycles. The summed E-state index contributed by atoms with van der Waals surface area (Å²) < 4.78 is 10.8. The Kier molecular flexibility index (Phi) is 5.89. The first-order chi connectivity index (χ1) is 13.1. The van der Waals surface area contributed by atoms with Crippen molar-refractivity contribution >= 4 is 17.6 Å². The summed E-state index contributed by atoms with van der Waals surface area (Å²) in [6.07, 6.45) is 0.692. The summed E-state index contributed by atoms with van der Waals surface area (Å²) in [4.78, 5) is 26.8.